The second kappa shape index (κ2) is 7.23. The molecule has 0 aromatic heterocycles. The van der Waals surface area contributed by atoms with Crippen molar-refractivity contribution in [1.29, 1.82) is 10.5 Å². The summed E-state index contributed by atoms with van der Waals surface area (Å²) in [6.45, 7) is 6.03. The Morgan fingerprint density at radius 2 is 1.27 bits per heavy atom. The summed E-state index contributed by atoms with van der Waals surface area (Å²) >= 11 is 0. The molecule has 1 aliphatic rings. The molecule has 82 valence electrons. The van der Waals surface area contributed by atoms with Gasteiger partial charge in [-0.05, 0) is 19.5 Å². The van der Waals surface area contributed by atoms with Crippen LogP contribution >= 0.6 is 0 Å². The van der Waals surface area contributed by atoms with Crippen LogP contribution in [-0.2, 0) is 0 Å². The van der Waals surface area contributed by atoms with Gasteiger partial charge in [0.05, 0.1) is 12.1 Å². The summed E-state index contributed by atoms with van der Waals surface area (Å²) in [4.78, 5) is 4.69. The predicted octanol–water partition coefficient (Wildman–Crippen LogP) is 0.821. The maximum absolute atomic E-state index is 8.51. The Labute approximate surface area is 91.7 Å². The quantitative estimate of drug-likeness (QED) is 0.683. The van der Waals surface area contributed by atoms with Gasteiger partial charge < -0.3 is 9.80 Å². The molecule has 15 heavy (non-hydrogen) atoms. The van der Waals surface area contributed by atoms with Crippen LogP contribution in [0.1, 0.15) is 19.3 Å². The molecule has 4 nitrogen and oxygen atoms in total. The molecule has 1 aliphatic heterocycles. The molecule has 0 saturated carbocycles. The topological polar surface area (TPSA) is 54.1 Å². The number of nitriles is 2. The van der Waals surface area contributed by atoms with Crippen molar-refractivity contribution < 1.29 is 0 Å². The molecule has 0 bridgehead atoms. The van der Waals surface area contributed by atoms with Crippen molar-refractivity contribution in [3.63, 3.8) is 0 Å². The molecule has 1 heterocycles. The molecular formula is C11H18N4. The molecule has 0 spiro atoms. The number of hydrogen-bond donors (Lipinski definition) is 0. The maximum Gasteiger partial charge on any atom is 0.0635 e. The zero-order valence-corrected chi connectivity index (χ0v) is 9.15. The standard InChI is InChI=1S/C11H18N4/c12-4-1-6-14-8-3-9-15(11-10-14)7-2-5-13/h1-3,6-11H2. The summed E-state index contributed by atoms with van der Waals surface area (Å²) in [6.07, 6.45) is 2.40. The highest BCUT2D eigenvalue weighted by Gasteiger charge is 2.13. The van der Waals surface area contributed by atoms with Crippen LogP contribution in [0.25, 0.3) is 0 Å². The first-order valence-corrected chi connectivity index (χ1v) is 5.55. The minimum absolute atomic E-state index is 0.623. The molecule has 0 aliphatic carbocycles. The fourth-order valence-corrected chi connectivity index (χ4v) is 1.89. The molecule has 1 saturated heterocycles. The van der Waals surface area contributed by atoms with Crippen LogP contribution in [0.4, 0.5) is 0 Å². The first-order chi connectivity index (χ1) is 7.36. The van der Waals surface area contributed by atoms with E-state index < -0.39 is 0 Å². The van der Waals surface area contributed by atoms with Crippen molar-refractivity contribution in [3.8, 4) is 12.1 Å². The molecule has 0 N–H and O–H groups in total. The lowest BCUT2D eigenvalue weighted by molar-refractivity contribution is 0.263. The third-order valence-corrected chi connectivity index (χ3v) is 2.76. The van der Waals surface area contributed by atoms with Gasteiger partial charge >= 0.3 is 0 Å². The maximum atomic E-state index is 8.51. The summed E-state index contributed by atoms with van der Waals surface area (Å²) in [7, 11) is 0. The van der Waals surface area contributed by atoms with Crippen molar-refractivity contribution in [2.45, 2.75) is 19.3 Å². The fourth-order valence-electron chi connectivity index (χ4n) is 1.89. The Hall–Kier alpha value is -1.10. The van der Waals surface area contributed by atoms with E-state index in [-0.39, 0.29) is 0 Å². The summed E-state index contributed by atoms with van der Waals surface area (Å²) in [6, 6.07) is 4.37. The van der Waals surface area contributed by atoms with Gasteiger partial charge in [0, 0.05) is 39.0 Å². The zero-order chi connectivity index (χ0) is 10.9. The SMILES string of the molecule is N#CCCN1CCCN(CCC#N)CC1. The molecule has 0 amide bonds. The van der Waals surface area contributed by atoms with E-state index in [1.807, 2.05) is 0 Å². The lowest BCUT2D eigenvalue weighted by atomic mass is 10.3. The van der Waals surface area contributed by atoms with Crippen molar-refractivity contribution in [2.24, 2.45) is 0 Å². The smallest absolute Gasteiger partial charge is 0.0635 e. The normalized spacial score (nSPS) is 19.1. The van der Waals surface area contributed by atoms with Crippen LogP contribution in [0.15, 0.2) is 0 Å². The summed E-state index contributed by atoms with van der Waals surface area (Å²) in [5.41, 5.74) is 0. The Balaban J connectivity index is 2.23. The van der Waals surface area contributed by atoms with E-state index >= 15 is 0 Å². The highest BCUT2D eigenvalue weighted by atomic mass is 15.2. The van der Waals surface area contributed by atoms with E-state index in [0.717, 1.165) is 45.7 Å². The van der Waals surface area contributed by atoms with E-state index in [4.69, 9.17) is 10.5 Å². The number of rotatable bonds is 4. The van der Waals surface area contributed by atoms with E-state index in [1.165, 1.54) is 0 Å². The predicted molar refractivity (Wildman–Crippen MR) is 58.0 cm³/mol. The van der Waals surface area contributed by atoms with Gasteiger partial charge in [-0.25, -0.2) is 0 Å². The van der Waals surface area contributed by atoms with Crippen molar-refractivity contribution in [1.82, 2.24) is 9.80 Å². The molecule has 1 rings (SSSR count). The van der Waals surface area contributed by atoms with E-state index in [2.05, 4.69) is 21.9 Å². The Morgan fingerprint density at radius 1 is 0.800 bits per heavy atom. The van der Waals surface area contributed by atoms with Gasteiger partial charge in [-0.2, -0.15) is 10.5 Å². The van der Waals surface area contributed by atoms with Gasteiger partial charge in [-0.3, -0.25) is 0 Å². The largest absolute Gasteiger partial charge is 0.301 e. The lowest BCUT2D eigenvalue weighted by Gasteiger charge is -2.19. The van der Waals surface area contributed by atoms with Gasteiger partial charge in [-0.15, -0.1) is 0 Å². The van der Waals surface area contributed by atoms with Crippen molar-refractivity contribution in [2.75, 3.05) is 39.3 Å². The van der Waals surface area contributed by atoms with Crippen molar-refractivity contribution in [3.05, 3.63) is 0 Å². The zero-order valence-electron chi connectivity index (χ0n) is 9.15. The highest BCUT2D eigenvalue weighted by molar-refractivity contribution is 4.77. The number of nitrogens with zero attached hydrogens (tertiary/aromatic N) is 4. The second-order valence-electron chi connectivity index (χ2n) is 3.85. The minimum Gasteiger partial charge on any atom is -0.301 e. The molecule has 0 aromatic rings. The van der Waals surface area contributed by atoms with Crippen LogP contribution in [0.2, 0.25) is 0 Å². The molecule has 1 fully saturated rings. The monoisotopic (exact) mass is 206 g/mol. The van der Waals surface area contributed by atoms with Gasteiger partial charge in [0.2, 0.25) is 0 Å². The second-order valence-corrected chi connectivity index (χ2v) is 3.85. The molecule has 0 atom stereocenters. The van der Waals surface area contributed by atoms with Crippen LogP contribution in [0, 0.1) is 22.7 Å². The van der Waals surface area contributed by atoms with Crippen molar-refractivity contribution >= 4 is 0 Å². The molecule has 0 radical (unpaired) electrons. The minimum atomic E-state index is 0.623. The molecule has 4 heteroatoms. The van der Waals surface area contributed by atoms with Gasteiger partial charge in [0.15, 0.2) is 0 Å². The van der Waals surface area contributed by atoms with Crippen LogP contribution < -0.4 is 0 Å². The van der Waals surface area contributed by atoms with Crippen LogP contribution in [0.5, 0.6) is 0 Å². The average Bonchev–Trinajstić information content (AvgIpc) is 2.49. The number of hydrogen-bond acceptors (Lipinski definition) is 4. The first kappa shape index (κ1) is 12.0. The van der Waals surface area contributed by atoms with Crippen LogP contribution in [0.3, 0.4) is 0 Å². The van der Waals surface area contributed by atoms with E-state index in [1.54, 1.807) is 0 Å². The Bertz CT molecular complexity index is 224. The summed E-state index contributed by atoms with van der Waals surface area (Å²) < 4.78 is 0. The third-order valence-electron chi connectivity index (χ3n) is 2.76. The fraction of sp³-hybridized carbons (Fsp3) is 0.818. The lowest BCUT2D eigenvalue weighted by Crippen LogP contribution is -2.31. The van der Waals surface area contributed by atoms with Gasteiger partial charge in [0.1, 0.15) is 0 Å². The summed E-state index contributed by atoms with van der Waals surface area (Å²) in [5, 5.41) is 17.0. The average molecular weight is 206 g/mol. The molecular weight excluding hydrogens is 188 g/mol. The molecule has 0 aromatic carbocycles. The Kier molecular flexibility index (Phi) is 5.77. The highest BCUT2D eigenvalue weighted by Crippen LogP contribution is 2.03. The van der Waals surface area contributed by atoms with E-state index in [0.29, 0.717) is 12.8 Å². The van der Waals surface area contributed by atoms with Gasteiger partial charge in [-0.1, -0.05) is 0 Å². The first-order valence-electron chi connectivity index (χ1n) is 5.55. The molecule has 0 unspecified atom stereocenters. The third kappa shape index (κ3) is 4.78. The van der Waals surface area contributed by atoms with Crippen LogP contribution in [-0.4, -0.2) is 49.1 Å². The summed E-state index contributed by atoms with van der Waals surface area (Å²) in [5.74, 6) is 0. The van der Waals surface area contributed by atoms with Gasteiger partial charge in [0.25, 0.3) is 0 Å². The Morgan fingerprint density at radius 3 is 1.67 bits per heavy atom. The van der Waals surface area contributed by atoms with E-state index in [9.17, 15) is 0 Å².